The van der Waals surface area contributed by atoms with Crippen LogP contribution in [0.3, 0.4) is 0 Å². The predicted molar refractivity (Wildman–Crippen MR) is 64.8 cm³/mol. The summed E-state index contributed by atoms with van der Waals surface area (Å²) in [6.45, 7) is 1.76. The van der Waals surface area contributed by atoms with Crippen molar-refractivity contribution in [3.8, 4) is 11.3 Å². The minimum absolute atomic E-state index is 0.0411. The van der Waals surface area contributed by atoms with E-state index in [9.17, 15) is 0 Å². The van der Waals surface area contributed by atoms with Gasteiger partial charge >= 0.3 is 0 Å². The first-order valence-corrected chi connectivity index (χ1v) is 5.53. The molecule has 0 radical (unpaired) electrons. The van der Waals surface area contributed by atoms with Crippen molar-refractivity contribution in [2.75, 3.05) is 0 Å². The quantitative estimate of drug-likeness (QED) is 0.880. The predicted octanol–water partition coefficient (Wildman–Crippen LogP) is 4.05. The molecule has 2 rings (SSSR count). The van der Waals surface area contributed by atoms with Crippen LogP contribution in [-0.2, 0) is 6.61 Å². The third kappa shape index (κ3) is 2.09. The molecule has 2 aromatic rings. The van der Waals surface area contributed by atoms with Gasteiger partial charge in [-0.25, -0.2) is 0 Å². The molecule has 16 heavy (non-hydrogen) atoms. The van der Waals surface area contributed by atoms with Gasteiger partial charge < -0.3 is 9.52 Å². The van der Waals surface area contributed by atoms with E-state index in [1.165, 1.54) is 0 Å². The Labute approximate surface area is 103 Å². The van der Waals surface area contributed by atoms with Gasteiger partial charge in [-0.3, -0.25) is 0 Å². The van der Waals surface area contributed by atoms with E-state index in [1.807, 2.05) is 0 Å². The molecule has 0 fully saturated rings. The Morgan fingerprint density at radius 3 is 2.56 bits per heavy atom. The van der Waals surface area contributed by atoms with Gasteiger partial charge in [-0.05, 0) is 31.2 Å². The molecule has 0 atom stereocenters. The highest BCUT2D eigenvalue weighted by Crippen LogP contribution is 2.32. The zero-order valence-electron chi connectivity index (χ0n) is 8.63. The topological polar surface area (TPSA) is 33.4 Å². The maximum absolute atomic E-state index is 9.08. The van der Waals surface area contributed by atoms with Gasteiger partial charge in [0, 0.05) is 16.1 Å². The summed E-state index contributed by atoms with van der Waals surface area (Å²) in [6.07, 6.45) is 0. The van der Waals surface area contributed by atoms with Crippen LogP contribution in [0.5, 0.6) is 0 Å². The Hall–Kier alpha value is -0.960. The zero-order chi connectivity index (χ0) is 11.7. The fourth-order valence-corrected chi connectivity index (χ4v) is 2.00. The number of hydrogen-bond donors (Lipinski definition) is 1. The van der Waals surface area contributed by atoms with Gasteiger partial charge in [-0.2, -0.15) is 0 Å². The van der Waals surface area contributed by atoms with Crippen LogP contribution in [0.1, 0.15) is 11.3 Å². The smallest absolute Gasteiger partial charge is 0.136 e. The number of furan rings is 1. The van der Waals surface area contributed by atoms with Gasteiger partial charge in [0.15, 0.2) is 0 Å². The number of aliphatic hydroxyl groups excluding tert-OH is 1. The normalized spacial score (nSPS) is 10.8. The second kappa shape index (κ2) is 4.50. The Balaban J connectivity index is 2.50. The summed E-state index contributed by atoms with van der Waals surface area (Å²) in [6, 6.07) is 6.99. The van der Waals surface area contributed by atoms with Crippen LogP contribution >= 0.6 is 23.2 Å². The van der Waals surface area contributed by atoms with Crippen molar-refractivity contribution in [2.24, 2.45) is 0 Å². The molecule has 1 heterocycles. The fraction of sp³-hybridized carbons (Fsp3) is 0.167. The molecule has 1 N–H and O–H groups in total. The molecule has 0 aliphatic rings. The second-order valence-electron chi connectivity index (χ2n) is 3.47. The minimum Gasteiger partial charge on any atom is -0.461 e. The molecule has 0 aliphatic carbocycles. The zero-order valence-corrected chi connectivity index (χ0v) is 10.1. The molecule has 0 unspecified atom stereocenters. The first-order chi connectivity index (χ1) is 7.61. The summed E-state index contributed by atoms with van der Waals surface area (Å²) >= 11 is 11.9. The van der Waals surface area contributed by atoms with Crippen molar-refractivity contribution in [3.63, 3.8) is 0 Å². The van der Waals surface area contributed by atoms with Crippen molar-refractivity contribution in [1.29, 1.82) is 0 Å². The summed E-state index contributed by atoms with van der Waals surface area (Å²) in [5.74, 6) is 1.34. The van der Waals surface area contributed by atoms with Crippen LogP contribution in [0.2, 0.25) is 10.0 Å². The average Bonchev–Trinajstić information content (AvgIpc) is 2.59. The monoisotopic (exact) mass is 256 g/mol. The van der Waals surface area contributed by atoms with Crippen LogP contribution in [0.15, 0.2) is 28.7 Å². The van der Waals surface area contributed by atoms with Gasteiger partial charge in [0.1, 0.15) is 11.5 Å². The second-order valence-corrected chi connectivity index (χ2v) is 4.32. The molecule has 0 bridgehead atoms. The van der Waals surface area contributed by atoms with Gasteiger partial charge in [0.25, 0.3) is 0 Å². The first-order valence-electron chi connectivity index (χ1n) is 4.77. The standard InChI is InChI=1S/C12H10Cl2O2/c1-7-8(6-15)4-12(16-7)10-3-2-9(13)5-11(10)14/h2-5,15H,6H2,1H3. The lowest BCUT2D eigenvalue weighted by molar-refractivity contribution is 0.279. The molecule has 2 nitrogen and oxygen atoms in total. The van der Waals surface area contributed by atoms with Crippen molar-refractivity contribution >= 4 is 23.2 Å². The highest BCUT2D eigenvalue weighted by atomic mass is 35.5. The van der Waals surface area contributed by atoms with E-state index in [-0.39, 0.29) is 6.61 Å². The van der Waals surface area contributed by atoms with Crippen LogP contribution in [0.25, 0.3) is 11.3 Å². The molecule has 0 spiro atoms. The molecule has 0 aliphatic heterocycles. The van der Waals surface area contributed by atoms with Gasteiger partial charge in [-0.15, -0.1) is 0 Å². The van der Waals surface area contributed by atoms with Crippen LogP contribution in [0.4, 0.5) is 0 Å². The summed E-state index contributed by atoms with van der Waals surface area (Å²) < 4.78 is 5.52. The van der Waals surface area contributed by atoms with Gasteiger partial charge in [0.05, 0.1) is 11.6 Å². The molecule has 84 valence electrons. The lowest BCUT2D eigenvalue weighted by Gasteiger charge is -2.00. The van der Waals surface area contributed by atoms with Gasteiger partial charge in [-0.1, -0.05) is 23.2 Å². The summed E-state index contributed by atoms with van der Waals surface area (Å²) in [5.41, 5.74) is 1.54. The molecule has 4 heteroatoms. The highest BCUT2D eigenvalue weighted by Gasteiger charge is 2.11. The molecular formula is C12H10Cl2O2. The highest BCUT2D eigenvalue weighted by molar-refractivity contribution is 6.36. The number of benzene rings is 1. The Morgan fingerprint density at radius 1 is 1.25 bits per heavy atom. The summed E-state index contributed by atoms with van der Waals surface area (Å²) in [4.78, 5) is 0. The number of aryl methyl sites for hydroxylation is 1. The largest absolute Gasteiger partial charge is 0.461 e. The Morgan fingerprint density at radius 2 is 2.00 bits per heavy atom. The fourth-order valence-electron chi connectivity index (χ4n) is 1.50. The van der Waals surface area contributed by atoms with E-state index in [1.54, 1.807) is 31.2 Å². The molecule has 1 aromatic carbocycles. The molecular weight excluding hydrogens is 247 g/mol. The van der Waals surface area contributed by atoms with Crippen molar-refractivity contribution in [2.45, 2.75) is 13.5 Å². The lowest BCUT2D eigenvalue weighted by atomic mass is 10.1. The maximum atomic E-state index is 9.08. The number of aliphatic hydroxyl groups is 1. The first kappa shape index (κ1) is 11.5. The number of hydrogen-bond acceptors (Lipinski definition) is 2. The third-order valence-electron chi connectivity index (χ3n) is 2.39. The van der Waals surface area contributed by atoms with E-state index in [0.717, 1.165) is 11.1 Å². The maximum Gasteiger partial charge on any atom is 0.136 e. The van der Waals surface area contributed by atoms with Crippen LogP contribution < -0.4 is 0 Å². The Bertz CT molecular complexity index is 518. The van der Waals surface area contributed by atoms with Crippen molar-refractivity contribution in [3.05, 3.63) is 45.6 Å². The van der Waals surface area contributed by atoms with E-state index in [2.05, 4.69) is 0 Å². The van der Waals surface area contributed by atoms with Crippen molar-refractivity contribution < 1.29 is 9.52 Å². The Kier molecular flexibility index (Phi) is 3.24. The van der Waals surface area contributed by atoms with Gasteiger partial charge in [0.2, 0.25) is 0 Å². The van der Waals surface area contributed by atoms with E-state index in [0.29, 0.717) is 21.6 Å². The van der Waals surface area contributed by atoms with E-state index < -0.39 is 0 Å². The summed E-state index contributed by atoms with van der Waals surface area (Å²) in [7, 11) is 0. The van der Waals surface area contributed by atoms with Crippen molar-refractivity contribution in [1.82, 2.24) is 0 Å². The molecule has 1 aromatic heterocycles. The molecule has 0 saturated carbocycles. The van der Waals surface area contributed by atoms with E-state index in [4.69, 9.17) is 32.7 Å². The SMILES string of the molecule is Cc1oc(-c2ccc(Cl)cc2Cl)cc1CO. The van der Waals surface area contributed by atoms with E-state index >= 15 is 0 Å². The minimum atomic E-state index is -0.0411. The summed E-state index contributed by atoms with van der Waals surface area (Å²) in [5, 5.41) is 10.2. The van der Waals surface area contributed by atoms with Crippen LogP contribution in [-0.4, -0.2) is 5.11 Å². The number of rotatable bonds is 2. The third-order valence-corrected chi connectivity index (χ3v) is 2.94. The van der Waals surface area contributed by atoms with Crippen LogP contribution in [0, 0.1) is 6.92 Å². The number of halogens is 2. The average molecular weight is 257 g/mol. The molecule has 0 amide bonds. The molecule has 0 saturated heterocycles. The lowest BCUT2D eigenvalue weighted by Crippen LogP contribution is -1.79.